The fraction of sp³-hybridized carbons (Fsp3) is 0.286. The van der Waals surface area contributed by atoms with Gasteiger partial charge in [-0.25, -0.2) is 0 Å². The lowest BCUT2D eigenvalue weighted by Crippen LogP contribution is -2.34. The molecule has 0 radical (unpaired) electrons. The first-order chi connectivity index (χ1) is 7.69. The Balaban J connectivity index is 2.54. The van der Waals surface area contributed by atoms with Crippen molar-refractivity contribution in [3.8, 4) is 0 Å². The van der Waals surface area contributed by atoms with Crippen molar-refractivity contribution in [2.75, 3.05) is 6.54 Å². The highest BCUT2D eigenvalue weighted by Crippen LogP contribution is 2.26. The topological polar surface area (TPSA) is 46.2 Å². The third-order valence-electron chi connectivity index (χ3n) is 3.21. The molecule has 0 aliphatic heterocycles. The molecular weight excluding hydrogens is 198 g/mol. The molecule has 2 aromatic rings. The largest absolute Gasteiger partial charge is 0.384 e. The second-order valence-corrected chi connectivity index (χ2v) is 4.15. The van der Waals surface area contributed by atoms with Crippen molar-refractivity contribution < 1.29 is 5.11 Å². The zero-order chi connectivity index (χ0) is 11.6. The number of benzene rings is 2. The number of aliphatic hydroxyl groups is 1. The van der Waals surface area contributed by atoms with Crippen molar-refractivity contribution in [3.05, 3.63) is 48.0 Å². The first-order valence-electron chi connectivity index (χ1n) is 5.61. The van der Waals surface area contributed by atoms with Gasteiger partial charge in [-0.05, 0) is 28.8 Å². The Kier molecular flexibility index (Phi) is 2.95. The van der Waals surface area contributed by atoms with E-state index in [1.807, 2.05) is 43.3 Å². The monoisotopic (exact) mass is 215 g/mol. The predicted molar refractivity (Wildman–Crippen MR) is 67.2 cm³/mol. The summed E-state index contributed by atoms with van der Waals surface area (Å²) in [6.07, 6.45) is 0.627. The van der Waals surface area contributed by atoms with E-state index in [-0.39, 0.29) is 6.54 Å². The highest BCUT2D eigenvalue weighted by molar-refractivity contribution is 5.83. The van der Waals surface area contributed by atoms with Crippen molar-refractivity contribution >= 4 is 10.8 Å². The molecule has 2 nitrogen and oxygen atoms in total. The first-order valence-corrected chi connectivity index (χ1v) is 5.61. The van der Waals surface area contributed by atoms with Crippen LogP contribution in [0.1, 0.15) is 18.9 Å². The van der Waals surface area contributed by atoms with Crippen molar-refractivity contribution in [2.45, 2.75) is 18.9 Å². The van der Waals surface area contributed by atoms with Crippen LogP contribution in [0.5, 0.6) is 0 Å². The number of fused-ring (bicyclic) bond motifs is 1. The molecule has 0 amide bonds. The summed E-state index contributed by atoms with van der Waals surface area (Å²) in [5.41, 5.74) is 5.64. The molecule has 0 heterocycles. The van der Waals surface area contributed by atoms with Crippen LogP contribution in [-0.2, 0) is 5.60 Å². The van der Waals surface area contributed by atoms with Crippen molar-refractivity contribution in [2.24, 2.45) is 5.73 Å². The van der Waals surface area contributed by atoms with E-state index in [0.29, 0.717) is 6.42 Å². The van der Waals surface area contributed by atoms with Crippen LogP contribution in [0.15, 0.2) is 42.5 Å². The highest BCUT2D eigenvalue weighted by atomic mass is 16.3. The molecule has 0 aliphatic rings. The fourth-order valence-electron chi connectivity index (χ4n) is 1.95. The van der Waals surface area contributed by atoms with Crippen LogP contribution in [0.25, 0.3) is 10.8 Å². The van der Waals surface area contributed by atoms with Gasteiger partial charge in [0.15, 0.2) is 0 Å². The van der Waals surface area contributed by atoms with Gasteiger partial charge in [-0.15, -0.1) is 0 Å². The molecule has 0 fully saturated rings. The molecule has 3 N–H and O–H groups in total. The standard InChI is InChI=1S/C14H17NO/c1-2-14(16,10-15)13-8-7-11-5-3-4-6-12(11)9-13/h3-9,16H,2,10,15H2,1H3. The molecule has 1 atom stereocenters. The van der Waals surface area contributed by atoms with Gasteiger partial charge < -0.3 is 10.8 Å². The van der Waals surface area contributed by atoms with Gasteiger partial charge in [-0.3, -0.25) is 0 Å². The summed E-state index contributed by atoms with van der Waals surface area (Å²) in [7, 11) is 0. The van der Waals surface area contributed by atoms with Crippen molar-refractivity contribution in [1.29, 1.82) is 0 Å². The molecule has 2 heteroatoms. The molecule has 0 aliphatic carbocycles. The van der Waals surface area contributed by atoms with Crippen LogP contribution in [-0.4, -0.2) is 11.7 Å². The molecule has 0 saturated heterocycles. The van der Waals surface area contributed by atoms with Crippen LogP contribution in [0.3, 0.4) is 0 Å². The van der Waals surface area contributed by atoms with Gasteiger partial charge in [0.2, 0.25) is 0 Å². The van der Waals surface area contributed by atoms with E-state index >= 15 is 0 Å². The van der Waals surface area contributed by atoms with E-state index < -0.39 is 5.60 Å². The Morgan fingerprint density at radius 1 is 1.12 bits per heavy atom. The summed E-state index contributed by atoms with van der Waals surface area (Å²) in [6, 6.07) is 14.1. The van der Waals surface area contributed by atoms with Crippen LogP contribution in [0, 0.1) is 0 Å². The van der Waals surface area contributed by atoms with E-state index in [2.05, 4.69) is 6.07 Å². The fourth-order valence-corrected chi connectivity index (χ4v) is 1.95. The average molecular weight is 215 g/mol. The third-order valence-corrected chi connectivity index (χ3v) is 3.21. The molecule has 2 rings (SSSR count). The molecule has 1 unspecified atom stereocenters. The Labute approximate surface area is 95.7 Å². The molecule has 84 valence electrons. The summed E-state index contributed by atoms with van der Waals surface area (Å²) >= 11 is 0. The minimum Gasteiger partial charge on any atom is -0.384 e. The van der Waals surface area contributed by atoms with Gasteiger partial charge in [0, 0.05) is 6.54 Å². The average Bonchev–Trinajstić information content (AvgIpc) is 2.37. The van der Waals surface area contributed by atoms with Gasteiger partial charge in [0.05, 0.1) is 0 Å². The third kappa shape index (κ3) is 1.82. The van der Waals surface area contributed by atoms with Gasteiger partial charge in [0.1, 0.15) is 5.60 Å². The number of hydrogen-bond acceptors (Lipinski definition) is 2. The van der Waals surface area contributed by atoms with E-state index in [1.165, 1.54) is 5.39 Å². The van der Waals surface area contributed by atoms with Crippen molar-refractivity contribution in [3.63, 3.8) is 0 Å². The normalized spacial score (nSPS) is 14.9. The van der Waals surface area contributed by atoms with E-state index in [0.717, 1.165) is 10.9 Å². The summed E-state index contributed by atoms with van der Waals surface area (Å²) in [6.45, 7) is 2.20. The smallest absolute Gasteiger partial charge is 0.102 e. The summed E-state index contributed by atoms with van der Waals surface area (Å²) < 4.78 is 0. The Bertz CT molecular complexity index is 489. The molecule has 0 bridgehead atoms. The number of hydrogen-bond donors (Lipinski definition) is 2. The zero-order valence-corrected chi connectivity index (χ0v) is 9.48. The lowest BCUT2D eigenvalue weighted by molar-refractivity contribution is 0.0420. The van der Waals surface area contributed by atoms with Gasteiger partial charge in [-0.2, -0.15) is 0 Å². The van der Waals surface area contributed by atoms with Gasteiger partial charge in [0.25, 0.3) is 0 Å². The molecule has 0 spiro atoms. The van der Waals surface area contributed by atoms with Crippen molar-refractivity contribution in [1.82, 2.24) is 0 Å². The minimum absolute atomic E-state index is 0.252. The highest BCUT2D eigenvalue weighted by Gasteiger charge is 2.25. The molecular formula is C14H17NO. The maximum atomic E-state index is 10.3. The van der Waals surface area contributed by atoms with E-state index in [9.17, 15) is 5.11 Å². The van der Waals surface area contributed by atoms with Crippen LogP contribution < -0.4 is 5.73 Å². The molecule has 0 aromatic heterocycles. The second-order valence-electron chi connectivity index (χ2n) is 4.15. The summed E-state index contributed by atoms with van der Waals surface area (Å²) in [5, 5.41) is 12.7. The van der Waals surface area contributed by atoms with Gasteiger partial charge >= 0.3 is 0 Å². The van der Waals surface area contributed by atoms with Gasteiger partial charge in [-0.1, -0.05) is 43.3 Å². The Morgan fingerprint density at radius 2 is 1.81 bits per heavy atom. The number of rotatable bonds is 3. The van der Waals surface area contributed by atoms with Crippen LogP contribution in [0.2, 0.25) is 0 Å². The maximum absolute atomic E-state index is 10.3. The lowest BCUT2D eigenvalue weighted by atomic mass is 9.90. The van der Waals surface area contributed by atoms with E-state index in [1.54, 1.807) is 0 Å². The summed E-state index contributed by atoms with van der Waals surface area (Å²) in [5.74, 6) is 0. The Morgan fingerprint density at radius 3 is 2.44 bits per heavy atom. The SMILES string of the molecule is CCC(O)(CN)c1ccc2ccccc2c1. The maximum Gasteiger partial charge on any atom is 0.102 e. The quantitative estimate of drug-likeness (QED) is 0.825. The number of nitrogens with two attached hydrogens (primary N) is 1. The zero-order valence-electron chi connectivity index (χ0n) is 9.48. The summed E-state index contributed by atoms with van der Waals surface area (Å²) in [4.78, 5) is 0. The molecule has 2 aromatic carbocycles. The first kappa shape index (κ1) is 11.1. The Hall–Kier alpha value is -1.38. The second kappa shape index (κ2) is 4.24. The molecule has 0 saturated carbocycles. The molecule has 16 heavy (non-hydrogen) atoms. The van der Waals surface area contributed by atoms with Crippen LogP contribution >= 0.6 is 0 Å². The lowest BCUT2D eigenvalue weighted by Gasteiger charge is -2.25. The van der Waals surface area contributed by atoms with Crippen LogP contribution in [0.4, 0.5) is 0 Å². The minimum atomic E-state index is -0.899. The predicted octanol–water partition coefficient (Wildman–Crippen LogP) is 2.40. The van der Waals surface area contributed by atoms with E-state index in [4.69, 9.17) is 5.73 Å².